The van der Waals surface area contributed by atoms with Crippen molar-refractivity contribution < 1.29 is 4.39 Å². The predicted octanol–water partition coefficient (Wildman–Crippen LogP) is 4.57. The van der Waals surface area contributed by atoms with E-state index in [4.69, 9.17) is 11.6 Å². The van der Waals surface area contributed by atoms with Crippen molar-refractivity contribution in [3.05, 3.63) is 58.3 Å². The molecule has 0 aliphatic carbocycles. The quantitative estimate of drug-likeness (QED) is 0.761. The fourth-order valence-electron chi connectivity index (χ4n) is 2.53. The highest BCUT2D eigenvalue weighted by Crippen LogP contribution is 2.24. The summed E-state index contributed by atoms with van der Waals surface area (Å²) >= 11 is 6.14. The zero-order valence-electron chi connectivity index (χ0n) is 13.3. The van der Waals surface area contributed by atoms with Crippen LogP contribution in [0.15, 0.2) is 30.5 Å². The summed E-state index contributed by atoms with van der Waals surface area (Å²) in [6, 6.07) is 6.53. The molecular weight excluding hydrogens is 315 g/mol. The zero-order chi connectivity index (χ0) is 16.6. The summed E-state index contributed by atoms with van der Waals surface area (Å²) < 4.78 is 15.0. The summed E-state index contributed by atoms with van der Waals surface area (Å²) in [5.74, 6) is 0.0681. The van der Waals surface area contributed by atoms with Gasteiger partial charge in [0.1, 0.15) is 5.82 Å². The van der Waals surface area contributed by atoms with Gasteiger partial charge in [-0.1, -0.05) is 31.5 Å². The van der Waals surface area contributed by atoms with Crippen LogP contribution in [-0.4, -0.2) is 14.6 Å². The van der Waals surface area contributed by atoms with Crippen molar-refractivity contribution in [1.82, 2.24) is 14.6 Å². The first-order valence-electron chi connectivity index (χ1n) is 7.49. The number of nitrogens with zero attached hydrogens (tertiary/aromatic N) is 3. The zero-order valence-corrected chi connectivity index (χ0v) is 14.0. The van der Waals surface area contributed by atoms with E-state index < -0.39 is 0 Å². The van der Waals surface area contributed by atoms with Gasteiger partial charge in [-0.2, -0.15) is 5.10 Å². The minimum absolute atomic E-state index is 0.226. The van der Waals surface area contributed by atoms with Crippen LogP contribution in [0.25, 0.3) is 5.65 Å². The lowest BCUT2D eigenvalue weighted by Gasteiger charge is -2.11. The summed E-state index contributed by atoms with van der Waals surface area (Å²) in [5.41, 5.74) is 4.47. The molecular formula is C17H18ClFN4. The molecule has 0 unspecified atom stereocenters. The Bertz CT molecular complexity index is 857. The maximum absolute atomic E-state index is 13.2. The van der Waals surface area contributed by atoms with E-state index in [1.165, 1.54) is 12.1 Å². The predicted molar refractivity (Wildman–Crippen MR) is 90.5 cm³/mol. The van der Waals surface area contributed by atoms with Crippen molar-refractivity contribution in [3.63, 3.8) is 0 Å². The van der Waals surface area contributed by atoms with Crippen molar-refractivity contribution in [2.24, 2.45) is 0 Å². The third-order valence-corrected chi connectivity index (χ3v) is 4.01. The Balaban J connectivity index is 1.93. The second-order valence-corrected chi connectivity index (χ2v) is 6.27. The molecule has 1 N–H and O–H groups in total. The van der Waals surface area contributed by atoms with Gasteiger partial charge in [-0.25, -0.2) is 13.9 Å². The summed E-state index contributed by atoms with van der Waals surface area (Å²) in [4.78, 5) is 4.45. The number of imidazole rings is 1. The molecule has 0 saturated heterocycles. The third kappa shape index (κ3) is 3.15. The van der Waals surface area contributed by atoms with Gasteiger partial charge in [0.15, 0.2) is 10.8 Å². The summed E-state index contributed by atoms with van der Waals surface area (Å²) in [5, 5.41) is 8.06. The number of anilines is 1. The molecule has 2 heterocycles. The molecule has 1 aromatic carbocycles. The number of hydrogen-bond donors (Lipinski definition) is 1. The van der Waals surface area contributed by atoms with Gasteiger partial charge in [-0.05, 0) is 36.1 Å². The molecule has 0 radical (unpaired) electrons. The number of rotatable bonds is 4. The standard InChI is InChI=1S/C17H18ClFN4/c1-10(2)15-9-21-17-14(7-16(18)22-23(15)17)20-8-12-4-5-13(19)6-11(12)3/h4-7,9-10,20H,8H2,1-3H3. The maximum Gasteiger partial charge on any atom is 0.177 e. The largest absolute Gasteiger partial charge is 0.378 e. The first-order chi connectivity index (χ1) is 11.0. The van der Waals surface area contributed by atoms with E-state index in [0.717, 1.165) is 28.2 Å². The van der Waals surface area contributed by atoms with Crippen molar-refractivity contribution >= 4 is 22.9 Å². The first kappa shape index (κ1) is 15.7. The molecule has 0 aliphatic rings. The van der Waals surface area contributed by atoms with Gasteiger partial charge in [0.2, 0.25) is 0 Å². The van der Waals surface area contributed by atoms with Crippen LogP contribution in [0.3, 0.4) is 0 Å². The first-order valence-corrected chi connectivity index (χ1v) is 7.86. The summed E-state index contributed by atoms with van der Waals surface area (Å²) in [6.45, 7) is 6.62. The Morgan fingerprint density at radius 2 is 2.09 bits per heavy atom. The molecule has 0 spiro atoms. The average molecular weight is 333 g/mol. The number of nitrogens with one attached hydrogen (secondary N) is 1. The number of aryl methyl sites for hydroxylation is 1. The molecule has 0 atom stereocenters. The number of aromatic nitrogens is 3. The average Bonchev–Trinajstić information content (AvgIpc) is 2.90. The lowest BCUT2D eigenvalue weighted by atomic mass is 10.1. The van der Waals surface area contributed by atoms with Crippen LogP contribution >= 0.6 is 11.6 Å². The Hall–Kier alpha value is -2.14. The van der Waals surface area contributed by atoms with Gasteiger partial charge in [0, 0.05) is 12.6 Å². The van der Waals surface area contributed by atoms with Crippen molar-refractivity contribution in [2.75, 3.05) is 5.32 Å². The Morgan fingerprint density at radius 3 is 2.78 bits per heavy atom. The lowest BCUT2D eigenvalue weighted by Crippen LogP contribution is -2.06. The van der Waals surface area contributed by atoms with Gasteiger partial charge in [0.25, 0.3) is 0 Å². The van der Waals surface area contributed by atoms with Crippen LogP contribution in [-0.2, 0) is 6.54 Å². The molecule has 120 valence electrons. The van der Waals surface area contributed by atoms with E-state index in [0.29, 0.717) is 17.6 Å². The van der Waals surface area contributed by atoms with Crippen LogP contribution in [0, 0.1) is 12.7 Å². The van der Waals surface area contributed by atoms with Crippen molar-refractivity contribution in [3.8, 4) is 0 Å². The fraction of sp³-hybridized carbons (Fsp3) is 0.294. The SMILES string of the molecule is Cc1cc(F)ccc1CNc1cc(Cl)nn2c(C(C)C)cnc12. The van der Waals surface area contributed by atoms with Crippen LogP contribution < -0.4 is 5.32 Å². The van der Waals surface area contributed by atoms with E-state index in [9.17, 15) is 4.39 Å². The minimum atomic E-state index is -0.226. The number of fused-ring (bicyclic) bond motifs is 1. The number of hydrogen-bond acceptors (Lipinski definition) is 3. The second kappa shape index (κ2) is 6.16. The smallest absolute Gasteiger partial charge is 0.177 e. The molecule has 3 rings (SSSR count). The van der Waals surface area contributed by atoms with E-state index in [1.807, 2.05) is 13.1 Å². The van der Waals surface area contributed by atoms with E-state index in [1.54, 1.807) is 16.6 Å². The molecule has 0 bridgehead atoms. The molecule has 4 nitrogen and oxygen atoms in total. The van der Waals surface area contributed by atoms with Gasteiger partial charge in [0.05, 0.1) is 17.6 Å². The highest BCUT2D eigenvalue weighted by molar-refractivity contribution is 6.29. The van der Waals surface area contributed by atoms with Gasteiger partial charge >= 0.3 is 0 Å². The third-order valence-electron chi connectivity index (χ3n) is 3.83. The lowest BCUT2D eigenvalue weighted by molar-refractivity contribution is 0.625. The Kier molecular flexibility index (Phi) is 4.22. The van der Waals surface area contributed by atoms with E-state index in [2.05, 4.69) is 29.2 Å². The highest BCUT2D eigenvalue weighted by atomic mass is 35.5. The molecule has 0 aliphatic heterocycles. The molecule has 23 heavy (non-hydrogen) atoms. The Labute approximate surface area is 139 Å². The monoisotopic (exact) mass is 332 g/mol. The van der Waals surface area contributed by atoms with Crippen LogP contribution in [0.4, 0.5) is 10.1 Å². The van der Waals surface area contributed by atoms with Gasteiger partial charge in [-0.3, -0.25) is 0 Å². The van der Waals surface area contributed by atoms with E-state index in [-0.39, 0.29) is 5.82 Å². The number of halogens is 2. The van der Waals surface area contributed by atoms with Crippen LogP contribution in [0.2, 0.25) is 5.15 Å². The Morgan fingerprint density at radius 1 is 1.30 bits per heavy atom. The topological polar surface area (TPSA) is 42.2 Å². The summed E-state index contributed by atoms with van der Waals surface area (Å²) in [6.07, 6.45) is 1.82. The van der Waals surface area contributed by atoms with Crippen molar-refractivity contribution in [1.29, 1.82) is 0 Å². The van der Waals surface area contributed by atoms with E-state index >= 15 is 0 Å². The molecule has 6 heteroatoms. The van der Waals surface area contributed by atoms with Gasteiger partial charge < -0.3 is 5.32 Å². The van der Waals surface area contributed by atoms with Crippen molar-refractivity contribution in [2.45, 2.75) is 33.2 Å². The minimum Gasteiger partial charge on any atom is -0.378 e. The molecule has 0 fully saturated rings. The molecule has 2 aromatic heterocycles. The summed E-state index contributed by atoms with van der Waals surface area (Å²) in [7, 11) is 0. The van der Waals surface area contributed by atoms with Crippen LogP contribution in [0.5, 0.6) is 0 Å². The molecule has 0 amide bonds. The second-order valence-electron chi connectivity index (χ2n) is 5.88. The molecule has 3 aromatic rings. The number of benzene rings is 1. The highest BCUT2D eigenvalue weighted by Gasteiger charge is 2.13. The normalized spacial score (nSPS) is 11.4. The maximum atomic E-state index is 13.2. The van der Waals surface area contributed by atoms with Crippen LogP contribution in [0.1, 0.15) is 36.6 Å². The van der Waals surface area contributed by atoms with Gasteiger partial charge in [-0.15, -0.1) is 0 Å². The molecule has 0 saturated carbocycles. The fourth-order valence-corrected chi connectivity index (χ4v) is 2.71.